The molecule has 0 saturated carbocycles. The lowest BCUT2D eigenvalue weighted by Crippen LogP contribution is -2.33. The van der Waals surface area contributed by atoms with Crippen LogP contribution >= 0.6 is 11.3 Å². The minimum atomic E-state index is -3.87. The molecular formula is C19H19N3O6S2. The van der Waals surface area contributed by atoms with Crippen molar-refractivity contribution in [1.82, 2.24) is 10.1 Å². The first-order chi connectivity index (χ1) is 14.4. The second kappa shape index (κ2) is 8.44. The number of rotatable bonds is 6. The van der Waals surface area contributed by atoms with Gasteiger partial charge in [0.2, 0.25) is 17.6 Å². The van der Waals surface area contributed by atoms with Gasteiger partial charge in [0.25, 0.3) is 0 Å². The second-order valence-electron chi connectivity index (χ2n) is 6.64. The van der Waals surface area contributed by atoms with Crippen LogP contribution in [0.3, 0.4) is 0 Å². The summed E-state index contributed by atoms with van der Waals surface area (Å²) in [5, 5.41) is 6.95. The Morgan fingerprint density at radius 2 is 2.03 bits per heavy atom. The van der Waals surface area contributed by atoms with Gasteiger partial charge in [0.15, 0.2) is 21.3 Å². The zero-order valence-electron chi connectivity index (χ0n) is 16.0. The lowest BCUT2D eigenvalue weighted by molar-refractivity contribution is -0.115. The Labute approximate surface area is 176 Å². The summed E-state index contributed by atoms with van der Waals surface area (Å²) in [7, 11) is -3.87. The number of carbonyl (C=O) groups is 1. The van der Waals surface area contributed by atoms with Crippen LogP contribution in [0.15, 0.2) is 40.2 Å². The van der Waals surface area contributed by atoms with Gasteiger partial charge < -0.3 is 19.3 Å². The molecule has 1 amide bonds. The van der Waals surface area contributed by atoms with E-state index in [1.165, 1.54) is 18.3 Å². The lowest BCUT2D eigenvalue weighted by Gasteiger charge is -2.14. The molecule has 0 spiro atoms. The number of fused-ring (bicyclic) bond motifs is 1. The Balaban J connectivity index is 1.43. The maximum absolute atomic E-state index is 12.7. The van der Waals surface area contributed by atoms with Crippen LogP contribution in [0.1, 0.15) is 19.2 Å². The molecule has 1 aliphatic heterocycles. The number of sulfone groups is 1. The van der Waals surface area contributed by atoms with Crippen LogP contribution in [0.5, 0.6) is 11.5 Å². The first kappa shape index (κ1) is 20.4. The van der Waals surface area contributed by atoms with Crippen molar-refractivity contribution in [3.63, 3.8) is 0 Å². The third-order valence-corrected chi connectivity index (χ3v) is 7.26. The molecule has 1 aliphatic rings. The van der Waals surface area contributed by atoms with Crippen molar-refractivity contribution in [3.05, 3.63) is 41.6 Å². The van der Waals surface area contributed by atoms with E-state index in [2.05, 4.69) is 15.5 Å². The highest BCUT2D eigenvalue weighted by Gasteiger charge is 2.30. The molecule has 0 saturated heterocycles. The quantitative estimate of drug-likeness (QED) is 0.610. The van der Waals surface area contributed by atoms with Gasteiger partial charge >= 0.3 is 0 Å². The number of hydrogen-bond donors (Lipinski definition) is 1. The van der Waals surface area contributed by atoms with Crippen LogP contribution < -0.4 is 14.8 Å². The first-order valence-corrected chi connectivity index (χ1v) is 11.8. The highest BCUT2D eigenvalue weighted by atomic mass is 32.2. The molecule has 11 heteroatoms. The largest absolute Gasteiger partial charge is 0.490 e. The van der Waals surface area contributed by atoms with E-state index in [-0.39, 0.29) is 5.89 Å². The van der Waals surface area contributed by atoms with Crippen molar-refractivity contribution in [2.45, 2.75) is 24.3 Å². The van der Waals surface area contributed by atoms with Crippen LogP contribution in [-0.4, -0.2) is 42.9 Å². The van der Waals surface area contributed by atoms with Gasteiger partial charge in [-0.15, -0.1) is 11.3 Å². The predicted molar refractivity (Wildman–Crippen MR) is 110 cm³/mol. The predicted octanol–water partition coefficient (Wildman–Crippen LogP) is 2.90. The maximum atomic E-state index is 12.7. The monoisotopic (exact) mass is 449 g/mol. The number of thiophene rings is 1. The van der Waals surface area contributed by atoms with Crippen molar-refractivity contribution in [1.29, 1.82) is 0 Å². The number of anilines is 1. The Morgan fingerprint density at radius 1 is 1.23 bits per heavy atom. The van der Waals surface area contributed by atoms with E-state index < -0.39 is 26.7 Å². The molecule has 158 valence electrons. The van der Waals surface area contributed by atoms with Gasteiger partial charge in [0, 0.05) is 18.2 Å². The smallest absolute Gasteiger partial charge is 0.242 e. The Bertz CT molecular complexity index is 1140. The standard InChI is InChI=1S/C19H19N3O6S2/c1-12(19(23)20-13-5-6-14-15(10-13)27-8-3-7-26-14)30(24,25)11-17-21-18(22-28-17)16-4-2-9-29-16/h2,4-6,9-10,12H,3,7-8,11H2,1H3,(H,20,23). The van der Waals surface area contributed by atoms with Crippen molar-refractivity contribution in [2.75, 3.05) is 18.5 Å². The van der Waals surface area contributed by atoms with Crippen molar-refractivity contribution in [2.24, 2.45) is 0 Å². The third-order valence-electron chi connectivity index (χ3n) is 4.46. The van der Waals surface area contributed by atoms with Gasteiger partial charge in [0.05, 0.1) is 18.1 Å². The maximum Gasteiger partial charge on any atom is 0.242 e. The van der Waals surface area contributed by atoms with Crippen molar-refractivity contribution < 1.29 is 27.2 Å². The summed E-state index contributed by atoms with van der Waals surface area (Å²) < 4.78 is 41.5. The summed E-state index contributed by atoms with van der Waals surface area (Å²) in [5.41, 5.74) is 0.420. The zero-order chi connectivity index (χ0) is 21.1. The van der Waals surface area contributed by atoms with Gasteiger partial charge in [-0.1, -0.05) is 11.2 Å². The van der Waals surface area contributed by atoms with E-state index in [0.717, 1.165) is 11.3 Å². The van der Waals surface area contributed by atoms with Gasteiger partial charge in [-0.3, -0.25) is 4.79 Å². The Kier molecular flexibility index (Phi) is 5.73. The Hall–Kier alpha value is -2.92. The van der Waals surface area contributed by atoms with Gasteiger partial charge in [-0.2, -0.15) is 4.98 Å². The van der Waals surface area contributed by atoms with E-state index in [9.17, 15) is 13.2 Å². The van der Waals surface area contributed by atoms with E-state index >= 15 is 0 Å². The topological polar surface area (TPSA) is 121 Å². The highest BCUT2D eigenvalue weighted by molar-refractivity contribution is 7.92. The lowest BCUT2D eigenvalue weighted by atomic mass is 10.2. The molecule has 1 atom stereocenters. The van der Waals surface area contributed by atoms with Crippen LogP contribution in [0.4, 0.5) is 5.69 Å². The summed E-state index contributed by atoms with van der Waals surface area (Å²) in [5.74, 6) is 0.161. The molecule has 1 unspecified atom stereocenters. The molecule has 0 aliphatic carbocycles. The fraction of sp³-hybridized carbons (Fsp3) is 0.316. The molecule has 30 heavy (non-hydrogen) atoms. The van der Waals surface area contributed by atoms with Gasteiger partial charge in [0.1, 0.15) is 11.0 Å². The molecule has 2 aromatic heterocycles. The average molecular weight is 450 g/mol. The summed E-state index contributed by atoms with van der Waals surface area (Å²) in [6, 6.07) is 8.57. The number of nitrogens with one attached hydrogen (secondary N) is 1. The summed E-state index contributed by atoms with van der Waals surface area (Å²) in [4.78, 5) is 17.4. The third kappa shape index (κ3) is 4.46. The molecule has 9 nitrogen and oxygen atoms in total. The molecular weight excluding hydrogens is 430 g/mol. The molecule has 1 N–H and O–H groups in total. The fourth-order valence-electron chi connectivity index (χ4n) is 2.76. The molecule has 4 rings (SSSR count). The van der Waals surface area contributed by atoms with Gasteiger partial charge in [-0.25, -0.2) is 8.42 Å². The van der Waals surface area contributed by atoms with Crippen LogP contribution in [0.2, 0.25) is 0 Å². The average Bonchev–Trinajstić information content (AvgIpc) is 3.35. The van der Waals surface area contributed by atoms with E-state index in [4.69, 9.17) is 14.0 Å². The van der Waals surface area contributed by atoms with Crippen LogP contribution in [0.25, 0.3) is 10.7 Å². The second-order valence-corrected chi connectivity index (χ2v) is 9.91. The van der Waals surface area contributed by atoms with Gasteiger partial charge in [-0.05, 0) is 30.5 Å². The summed E-state index contributed by atoms with van der Waals surface area (Å²) >= 11 is 1.41. The molecule has 0 fully saturated rings. The molecule has 3 heterocycles. The van der Waals surface area contributed by atoms with E-state index in [1.54, 1.807) is 24.3 Å². The number of ether oxygens (including phenoxy) is 2. The fourth-order valence-corrected chi connectivity index (χ4v) is 4.51. The minimum absolute atomic E-state index is 0.0615. The summed E-state index contributed by atoms with van der Waals surface area (Å²) in [6.07, 6.45) is 0.759. The normalized spacial score (nSPS) is 14.7. The van der Waals surface area contributed by atoms with E-state index in [0.29, 0.717) is 36.2 Å². The molecule has 0 radical (unpaired) electrons. The molecule has 0 bridgehead atoms. The number of carbonyl (C=O) groups excluding carboxylic acids is 1. The summed E-state index contributed by atoms with van der Waals surface area (Å²) in [6.45, 7) is 2.38. The number of benzene rings is 1. The van der Waals surface area contributed by atoms with Crippen molar-refractivity contribution >= 4 is 32.8 Å². The number of aromatic nitrogens is 2. The molecule has 1 aromatic carbocycles. The number of hydrogen-bond acceptors (Lipinski definition) is 9. The van der Waals surface area contributed by atoms with Crippen LogP contribution in [-0.2, 0) is 20.4 Å². The highest BCUT2D eigenvalue weighted by Crippen LogP contribution is 2.32. The van der Waals surface area contributed by atoms with Crippen LogP contribution in [0, 0.1) is 0 Å². The first-order valence-electron chi connectivity index (χ1n) is 9.21. The number of amides is 1. The number of nitrogens with zero attached hydrogens (tertiary/aromatic N) is 2. The van der Waals surface area contributed by atoms with E-state index in [1.807, 2.05) is 11.4 Å². The Morgan fingerprint density at radius 3 is 2.80 bits per heavy atom. The van der Waals surface area contributed by atoms with Crippen molar-refractivity contribution in [3.8, 4) is 22.2 Å². The SMILES string of the molecule is CC(C(=O)Nc1ccc2c(c1)OCCCO2)S(=O)(=O)Cc1nc(-c2cccs2)no1. The zero-order valence-corrected chi connectivity index (χ0v) is 17.7. The molecule has 3 aromatic rings. The minimum Gasteiger partial charge on any atom is -0.490 e.